The number of nitrogens with zero attached hydrogens (tertiary/aromatic N) is 2. The summed E-state index contributed by atoms with van der Waals surface area (Å²) in [5.74, 6) is 0.796. The third-order valence-electron chi connectivity index (χ3n) is 4.86. The lowest BCUT2D eigenvalue weighted by Crippen LogP contribution is -2.51. The van der Waals surface area contributed by atoms with Gasteiger partial charge >= 0.3 is 0 Å². The largest absolute Gasteiger partial charge is 0.497 e. The first-order valence-corrected chi connectivity index (χ1v) is 12.1. The number of sulfonamides is 1. The third-order valence-corrected chi connectivity index (χ3v) is 7.53. The zero-order chi connectivity index (χ0) is 21.6. The minimum Gasteiger partial charge on any atom is -0.497 e. The number of carbonyl (C=O) groups is 1. The van der Waals surface area contributed by atoms with E-state index >= 15 is 0 Å². The highest BCUT2D eigenvalue weighted by atomic mass is 32.2. The van der Waals surface area contributed by atoms with Crippen LogP contribution in [0.1, 0.15) is 12.5 Å². The molecular formula is C22H26N2O4S2. The second kappa shape index (κ2) is 10.1. The molecule has 6 nitrogen and oxygen atoms in total. The van der Waals surface area contributed by atoms with Crippen LogP contribution in [0.15, 0.2) is 64.9 Å². The Morgan fingerprint density at radius 2 is 1.67 bits per heavy atom. The van der Waals surface area contributed by atoms with Gasteiger partial charge in [-0.3, -0.25) is 4.79 Å². The van der Waals surface area contributed by atoms with Crippen molar-refractivity contribution in [2.45, 2.75) is 17.1 Å². The van der Waals surface area contributed by atoms with E-state index in [0.29, 0.717) is 26.2 Å². The number of methoxy groups -OCH3 is 1. The number of hydrogen-bond acceptors (Lipinski definition) is 5. The number of rotatable bonds is 7. The molecule has 1 heterocycles. The quantitative estimate of drug-likeness (QED) is 0.611. The molecule has 2 aromatic rings. The molecule has 0 aromatic heterocycles. The highest BCUT2D eigenvalue weighted by Gasteiger charge is 2.29. The summed E-state index contributed by atoms with van der Waals surface area (Å²) in [6.45, 7) is 3.26. The summed E-state index contributed by atoms with van der Waals surface area (Å²) >= 11 is 1.49. The van der Waals surface area contributed by atoms with Crippen molar-refractivity contribution in [2.75, 3.05) is 33.3 Å². The molecule has 0 aliphatic carbocycles. The first kappa shape index (κ1) is 22.4. The van der Waals surface area contributed by atoms with Crippen molar-refractivity contribution in [3.05, 3.63) is 65.6 Å². The molecule has 1 amide bonds. The lowest BCUT2D eigenvalue weighted by atomic mass is 10.2. The Hall–Kier alpha value is -2.29. The highest BCUT2D eigenvalue weighted by Crippen LogP contribution is 2.27. The third kappa shape index (κ3) is 5.87. The monoisotopic (exact) mass is 446 g/mol. The molecule has 0 saturated carbocycles. The van der Waals surface area contributed by atoms with Crippen molar-refractivity contribution >= 4 is 33.8 Å². The van der Waals surface area contributed by atoms with Gasteiger partial charge in [-0.05, 0) is 42.8 Å². The minimum absolute atomic E-state index is 0.0210. The zero-order valence-corrected chi connectivity index (χ0v) is 18.7. The van der Waals surface area contributed by atoms with E-state index in [1.807, 2.05) is 61.5 Å². The fourth-order valence-electron chi connectivity index (χ4n) is 3.14. The fourth-order valence-corrected chi connectivity index (χ4v) is 5.27. The molecule has 0 spiro atoms. The summed E-state index contributed by atoms with van der Waals surface area (Å²) in [6, 6.07) is 16.9. The molecule has 1 aliphatic heterocycles. The summed E-state index contributed by atoms with van der Waals surface area (Å²) in [7, 11) is -1.89. The van der Waals surface area contributed by atoms with Gasteiger partial charge in [-0.1, -0.05) is 30.3 Å². The first-order chi connectivity index (χ1) is 14.4. The lowest BCUT2D eigenvalue weighted by Gasteiger charge is -2.34. The molecule has 0 bridgehead atoms. The van der Waals surface area contributed by atoms with Gasteiger partial charge in [0.1, 0.15) is 5.75 Å². The number of thioether (sulfide) groups is 1. The van der Waals surface area contributed by atoms with Crippen LogP contribution in [0.2, 0.25) is 0 Å². The van der Waals surface area contributed by atoms with E-state index in [-0.39, 0.29) is 11.2 Å². The van der Waals surface area contributed by atoms with Crippen LogP contribution in [0, 0.1) is 0 Å². The van der Waals surface area contributed by atoms with Crippen molar-refractivity contribution in [1.82, 2.24) is 9.21 Å². The maximum absolute atomic E-state index is 12.8. The number of benzene rings is 2. The van der Waals surface area contributed by atoms with Crippen LogP contribution in [0.25, 0.3) is 6.08 Å². The number of ether oxygens (including phenoxy) is 1. The topological polar surface area (TPSA) is 66.9 Å². The van der Waals surface area contributed by atoms with Gasteiger partial charge in [-0.2, -0.15) is 4.31 Å². The Morgan fingerprint density at radius 1 is 1.03 bits per heavy atom. The van der Waals surface area contributed by atoms with Crippen molar-refractivity contribution < 1.29 is 17.9 Å². The van der Waals surface area contributed by atoms with Crippen LogP contribution in [0.3, 0.4) is 0 Å². The molecule has 3 rings (SSSR count). The van der Waals surface area contributed by atoms with E-state index in [4.69, 9.17) is 4.74 Å². The average molecular weight is 447 g/mol. The fraction of sp³-hybridized carbons (Fsp3) is 0.318. The minimum atomic E-state index is -3.51. The second-order valence-corrected chi connectivity index (χ2v) is 10.2. The Bertz CT molecular complexity index is 968. The molecular weight excluding hydrogens is 420 g/mol. The van der Waals surface area contributed by atoms with Crippen LogP contribution in [-0.2, 0) is 14.8 Å². The van der Waals surface area contributed by atoms with Crippen molar-refractivity contribution in [2.24, 2.45) is 0 Å². The maximum atomic E-state index is 12.8. The van der Waals surface area contributed by atoms with Gasteiger partial charge in [0.2, 0.25) is 15.9 Å². The van der Waals surface area contributed by atoms with Crippen molar-refractivity contribution in [3.63, 3.8) is 0 Å². The van der Waals surface area contributed by atoms with E-state index in [1.165, 1.54) is 21.5 Å². The van der Waals surface area contributed by atoms with Gasteiger partial charge in [0, 0.05) is 36.5 Å². The highest BCUT2D eigenvalue weighted by molar-refractivity contribution is 8.00. The number of hydrogen-bond donors (Lipinski definition) is 0. The standard InChI is InChI=1S/C22H26N2O4S2/c1-18(29-21-10-8-20(28-2)9-11-21)22(25)23-13-15-24(16-14-23)30(26,27)17-12-19-6-4-3-5-7-19/h3-12,17-18H,13-16H2,1-2H3/b17-12+. The average Bonchev–Trinajstić information content (AvgIpc) is 2.78. The SMILES string of the molecule is COc1ccc(SC(C)C(=O)N2CCN(S(=O)(=O)/C=C/c3ccccc3)CC2)cc1. The smallest absolute Gasteiger partial charge is 0.236 e. The van der Waals surface area contributed by atoms with Crippen LogP contribution in [0.5, 0.6) is 5.75 Å². The van der Waals surface area contributed by atoms with Gasteiger partial charge in [0.05, 0.1) is 12.4 Å². The molecule has 0 N–H and O–H groups in total. The second-order valence-electron chi connectivity index (χ2n) is 6.92. The summed E-state index contributed by atoms with van der Waals surface area (Å²) in [6.07, 6.45) is 1.60. The van der Waals surface area contributed by atoms with Crippen LogP contribution >= 0.6 is 11.8 Å². The van der Waals surface area contributed by atoms with Crippen molar-refractivity contribution in [3.8, 4) is 5.75 Å². The maximum Gasteiger partial charge on any atom is 0.236 e. The Kier molecular flexibility index (Phi) is 7.58. The number of carbonyl (C=O) groups excluding carboxylic acids is 1. The zero-order valence-electron chi connectivity index (χ0n) is 17.1. The van der Waals surface area contributed by atoms with E-state index in [2.05, 4.69) is 0 Å². The van der Waals surface area contributed by atoms with E-state index in [0.717, 1.165) is 16.2 Å². The summed E-state index contributed by atoms with van der Waals surface area (Å²) in [5, 5.41) is 0.988. The Balaban J connectivity index is 1.53. The van der Waals surface area contributed by atoms with Gasteiger partial charge in [0.25, 0.3) is 0 Å². The predicted molar refractivity (Wildman–Crippen MR) is 121 cm³/mol. The lowest BCUT2D eigenvalue weighted by molar-refractivity contribution is -0.131. The van der Waals surface area contributed by atoms with Crippen molar-refractivity contribution in [1.29, 1.82) is 0 Å². The normalized spacial score (nSPS) is 16.5. The molecule has 30 heavy (non-hydrogen) atoms. The molecule has 2 aromatic carbocycles. The first-order valence-electron chi connectivity index (χ1n) is 9.72. The van der Waals surface area contributed by atoms with E-state index in [1.54, 1.807) is 18.1 Å². The Morgan fingerprint density at radius 3 is 2.27 bits per heavy atom. The molecule has 1 fully saturated rings. The van der Waals surface area contributed by atoms with Gasteiger partial charge in [-0.25, -0.2) is 8.42 Å². The summed E-state index contributed by atoms with van der Waals surface area (Å²) < 4.78 is 31.8. The molecule has 0 radical (unpaired) electrons. The van der Waals surface area contributed by atoms with Gasteiger partial charge < -0.3 is 9.64 Å². The number of piperazine rings is 1. The van der Waals surface area contributed by atoms with E-state index < -0.39 is 10.0 Å². The molecule has 8 heteroatoms. The van der Waals surface area contributed by atoms with Crippen LogP contribution in [0.4, 0.5) is 0 Å². The van der Waals surface area contributed by atoms with Gasteiger partial charge in [-0.15, -0.1) is 11.8 Å². The molecule has 1 aliphatic rings. The Labute approximate surface area is 182 Å². The predicted octanol–water partition coefficient (Wildman–Crippen LogP) is 3.32. The summed E-state index contributed by atoms with van der Waals surface area (Å²) in [5.41, 5.74) is 0.833. The van der Waals surface area contributed by atoms with E-state index in [9.17, 15) is 13.2 Å². The van der Waals surface area contributed by atoms with Gasteiger partial charge in [0.15, 0.2) is 0 Å². The molecule has 1 saturated heterocycles. The molecule has 1 atom stereocenters. The van der Waals surface area contributed by atoms with Crippen LogP contribution < -0.4 is 4.74 Å². The molecule has 1 unspecified atom stereocenters. The van der Waals surface area contributed by atoms with Crippen LogP contribution in [-0.4, -0.2) is 62.1 Å². The number of amides is 1. The summed E-state index contributed by atoms with van der Waals surface area (Å²) in [4.78, 5) is 15.5. The molecule has 160 valence electrons.